The molecule has 1 aromatic rings. The summed E-state index contributed by atoms with van der Waals surface area (Å²) in [5, 5.41) is 4.22. The second-order valence-corrected chi connectivity index (χ2v) is 5.56. The van der Waals surface area contributed by atoms with Gasteiger partial charge in [-0.25, -0.2) is 0 Å². The predicted molar refractivity (Wildman–Crippen MR) is 73.6 cm³/mol. The van der Waals surface area contributed by atoms with Crippen LogP contribution in [0.25, 0.3) is 0 Å². The molecule has 17 heavy (non-hydrogen) atoms. The average Bonchev–Trinajstić information content (AvgIpc) is 2.24. The summed E-state index contributed by atoms with van der Waals surface area (Å²) in [6.07, 6.45) is 0.0801. The van der Waals surface area contributed by atoms with E-state index in [1.165, 1.54) is 0 Å². The quantitative estimate of drug-likeness (QED) is 0.864. The lowest BCUT2D eigenvalue weighted by atomic mass is 10.1. The normalized spacial score (nSPS) is 13.7. The Hall–Kier alpha value is -0.570. The average molecular weight is 256 g/mol. The van der Waals surface area contributed by atoms with Gasteiger partial charge in [0.05, 0.1) is 6.10 Å². The molecule has 1 unspecified atom stereocenters. The van der Waals surface area contributed by atoms with E-state index in [1.807, 2.05) is 31.2 Å². The number of benzene rings is 1. The first-order chi connectivity index (χ1) is 7.92. The van der Waals surface area contributed by atoms with Crippen LogP contribution in [-0.4, -0.2) is 18.7 Å². The van der Waals surface area contributed by atoms with Gasteiger partial charge in [-0.2, -0.15) is 0 Å². The van der Waals surface area contributed by atoms with E-state index in [9.17, 15) is 0 Å². The van der Waals surface area contributed by atoms with Crippen molar-refractivity contribution in [3.8, 4) is 0 Å². The van der Waals surface area contributed by atoms with Crippen molar-refractivity contribution in [2.45, 2.75) is 39.3 Å². The van der Waals surface area contributed by atoms with Gasteiger partial charge in [-0.15, -0.1) is 0 Å². The topological polar surface area (TPSA) is 21.3 Å². The molecule has 1 rings (SSSR count). The van der Waals surface area contributed by atoms with Crippen LogP contribution in [0.2, 0.25) is 5.02 Å². The molecular formula is C14H22ClNO. The minimum atomic E-state index is 0.0801. The van der Waals surface area contributed by atoms with E-state index in [4.69, 9.17) is 16.3 Å². The van der Waals surface area contributed by atoms with E-state index in [-0.39, 0.29) is 11.6 Å². The summed E-state index contributed by atoms with van der Waals surface area (Å²) in [5.41, 5.74) is 1.26. The Morgan fingerprint density at radius 1 is 1.24 bits per heavy atom. The van der Waals surface area contributed by atoms with Crippen molar-refractivity contribution in [3.63, 3.8) is 0 Å². The number of halogens is 1. The molecule has 0 aliphatic rings. The molecule has 0 saturated heterocycles. The largest absolute Gasteiger partial charge is 0.372 e. The highest BCUT2D eigenvalue weighted by molar-refractivity contribution is 6.30. The Kier molecular flexibility index (Phi) is 5.44. The minimum Gasteiger partial charge on any atom is -0.372 e. The molecule has 0 heterocycles. The Labute approximate surface area is 109 Å². The maximum Gasteiger partial charge on any atom is 0.0949 e. The molecule has 0 spiro atoms. The van der Waals surface area contributed by atoms with E-state index >= 15 is 0 Å². The molecule has 2 nitrogen and oxygen atoms in total. The molecular weight excluding hydrogens is 234 g/mol. The monoisotopic (exact) mass is 255 g/mol. The predicted octanol–water partition coefficient (Wildman–Crippen LogP) is 3.81. The highest BCUT2D eigenvalue weighted by Gasteiger charge is 2.15. The van der Waals surface area contributed by atoms with Crippen LogP contribution in [0.4, 0.5) is 0 Å². The summed E-state index contributed by atoms with van der Waals surface area (Å²) in [7, 11) is 0. The lowest BCUT2D eigenvalue weighted by Crippen LogP contribution is -2.39. The van der Waals surface area contributed by atoms with Crippen molar-refractivity contribution in [1.82, 2.24) is 5.32 Å². The Morgan fingerprint density at radius 2 is 1.82 bits per heavy atom. The SMILES string of the molecule is CCOC(CNC(C)(C)C)c1ccc(Cl)cc1. The van der Waals surface area contributed by atoms with Crippen LogP contribution < -0.4 is 5.32 Å². The zero-order chi connectivity index (χ0) is 12.9. The standard InChI is InChI=1S/C14H22ClNO/c1-5-17-13(10-16-14(2,3)4)11-6-8-12(15)9-7-11/h6-9,13,16H,5,10H2,1-4H3. The van der Waals surface area contributed by atoms with Gasteiger partial charge >= 0.3 is 0 Å². The Morgan fingerprint density at radius 3 is 2.29 bits per heavy atom. The molecule has 1 atom stereocenters. The molecule has 0 aliphatic carbocycles. The maximum absolute atomic E-state index is 5.89. The van der Waals surface area contributed by atoms with Gasteiger partial charge in [0.2, 0.25) is 0 Å². The second-order valence-electron chi connectivity index (χ2n) is 5.13. The first-order valence-corrected chi connectivity index (χ1v) is 6.42. The smallest absolute Gasteiger partial charge is 0.0949 e. The zero-order valence-corrected chi connectivity index (χ0v) is 11.8. The zero-order valence-electron chi connectivity index (χ0n) is 11.1. The molecule has 0 radical (unpaired) electrons. The summed E-state index contributed by atoms with van der Waals surface area (Å²) in [6, 6.07) is 7.85. The fraction of sp³-hybridized carbons (Fsp3) is 0.571. The number of hydrogen-bond donors (Lipinski definition) is 1. The molecule has 0 bridgehead atoms. The van der Waals surface area contributed by atoms with Crippen molar-refractivity contribution >= 4 is 11.6 Å². The van der Waals surface area contributed by atoms with Crippen molar-refractivity contribution in [2.24, 2.45) is 0 Å². The summed E-state index contributed by atoms with van der Waals surface area (Å²) in [4.78, 5) is 0. The lowest BCUT2D eigenvalue weighted by molar-refractivity contribution is 0.0577. The Bertz CT molecular complexity index is 329. The van der Waals surface area contributed by atoms with Gasteiger partial charge < -0.3 is 10.1 Å². The number of ether oxygens (including phenoxy) is 1. The van der Waals surface area contributed by atoms with E-state index in [1.54, 1.807) is 0 Å². The van der Waals surface area contributed by atoms with Crippen LogP contribution in [0.1, 0.15) is 39.4 Å². The summed E-state index contributed by atoms with van der Waals surface area (Å²) in [5.74, 6) is 0. The van der Waals surface area contributed by atoms with Crippen LogP contribution in [0.3, 0.4) is 0 Å². The maximum atomic E-state index is 5.89. The molecule has 1 N–H and O–H groups in total. The Balaban J connectivity index is 2.68. The van der Waals surface area contributed by atoms with Gasteiger partial charge in [0, 0.05) is 23.7 Å². The fourth-order valence-corrected chi connectivity index (χ4v) is 1.68. The van der Waals surface area contributed by atoms with E-state index < -0.39 is 0 Å². The van der Waals surface area contributed by atoms with Crippen molar-refractivity contribution in [1.29, 1.82) is 0 Å². The summed E-state index contributed by atoms with van der Waals surface area (Å²) in [6.45, 7) is 9.98. The first kappa shape index (κ1) is 14.5. The van der Waals surface area contributed by atoms with Gasteiger partial charge in [0.15, 0.2) is 0 Å². The third-order valence-electron chi connectivity index (χ3n) is 2.43. The van der Waals surface area contributed by atoms with Crippen LogP contribution in [-0.2, 0) is 4.74 Å². The molecule has 96 valence electrons. The van der Waals surface area contributed by atoms with Crippen LogP contribution in [0.5, 0.6) is 0 Å². The highest BCUT2D eigenvalue weighted by atomic mass is 35.5. The van der Waals surface area contributed by atoms with Crippen molar-refractivity contribution in [3.05, 3.63) is 34.9 Å². The summed E-state index contributed by atoms with van der Waals surface area (Å²) >= 11 is 5.89. The third-order valence-corrected chi connectivity index (χ3v) is 2.68. The van der Waals surface area contributed by atoms with Crippen LogP contribution in [0.15, 0.2) is 24.3 Å². The molecule has 0 aromatic heterocycles. The molecule has 0 fully saturated rings. The molecule has 0 amide bonds. The van der Waals surface area contributed by atoms with E-state index in [2.05, 4.69) is 26.1 Å². The van der Waals surface area contributed by atoms with E-state index in [0.717, 1.165) is 17.1 Å². The van der Waals surface area contributed by atoms with Gasteiger partial charge in [-0.3, -0.25) is 0 Å². The second kappa shape index (κ2) is 6.39. The fourth-order valence-electron chi connectivity index (χ4n) is 1.55. The van der Waals surface area contributed by atoms with Crippen LogP contribution >= 0.6 is 11.6 Å². The molecule has 0 saturated carbocycles. The first-order valence-electron chi connectivity index (χ1n) is 6.04. The summed E-state index contributed by atoms with van der Waals surface area (Å²) < 4.78 is 5.76. The number of nitrogens with one attached hydrogen (secondary N) is 1. The third kappa shape index (κ3) is 5.53. The molecule has 1 aromatic carbocycles. The van der Waals surface area contributed by atoms with Crippen molar-refractivity contribution < 1.29 is 4.74 Å². The molecule has 0 aliphatic heterocycles. The van der Waals surface area contributed by atoms with E-state index in [0.29, 0.717) is 6.61 Å². The van der Waals surface area contributed by atoms with Crippen LogP contribution in [0, 0.1) is 0 Å². The lowest BCUT2D eigenvalue weighted by Gasteiger charge is -2.25. The minimum absolute atomic E-state index is 0.0801. The molecule has 3 heteroatoms. The van der Waals surface area contributed by atoms with Crippen molar-refractivity contribution in [2.75, 3.05) is 13.2 Å². The van der Waals surface area contributed by atoms with Gasteiger partial charge in [-0.05, 0) is 45.4 Å². The highest BCUT2D eigenvalue weighted by Crippen LogP contribution is 2.20. The number of rotatable bonds is 5. The van der Waals surface area contributed by atoms with Gasteiger partial charge in [0.25, 0.3) is 0 Å². The van der Waals surface area contributed by atoms with Gasteiger partial charge in [-0.1, -0.05) is 23.7 Å². The number of hydrogen-bond acceptors (Lipinski definition) is 2. The van der Waals surface area contributed by atoms with Gasteiger partial charge in [0.1, 0.15) is 0 Å².